The summed E-state index contributed by atoms with van der Waals surface area (Å²) in [5.41, 5.74) is 5.86. The van der Waals surface area contributed by atoms with Gasteiger partial charge in [0.1, 0.15) is 16.6 Å². The van der Waals surface area contributed by atoms with E-state index in [1.165, 1.54) is 22.5 Å². The van der Waals surface area contributed by atoms with Crippen LogP contribution in [0.3, 0.4) is 0 Å². The van der Waals surface area contributed by atoms with Crippen molar-refractivity contribution in [2.75, 3.05) is 18.1 Å². The maximum atomic E-state index is 11.9. The summed E-state index contributed by atoms with van der Waals surface area (Å²) in [6, 6.07) is 13.0. The van der Waals surface area contributed by atoms with Crippen molar-refractivity contribution in [1.82, 2.24) is 4.98 Å². The van der Waals surface area contributed by atoms with Gasteiger partial charge in [0.15, 0.2) is 0 Å². The predicted octanol–water partition coefficient (Wildman–Crippen LogP) is 5.37. The molecule has 1 aromatic heterocycles. The number of thiazole rings is 1. The molecule has 0 aliphatic carbocycles. The molecule has 0 bridgehead atoms. The molecule has 2 heterocycles. The first kappa shape index (κ1) is 20.8. The van der Waals surface area contributed by atoms with Crippen LogP contribution in [0, 0.1) is 19.3 Å². The monoisotopic (exact) mass is 433 g/mol. The number of amidine groups is 1. The van der Waals surface area contributed by atoms with E-state index in [1.54, 1.807) is 36.1 Å². The lowest BCUT2D eigenvalue weighted by Crippen LogP contribution is -2.26. The smallest absolute Gasteiger partial charge is 0.338 e. The number of hydrogen-bond acceptors (Lipinski definition) is 6. The number of aliphatic hydroxyl groups excluding tert-OH is 1. The van der Waals surface area contributed by atoms with Crippen molar-refractivity contribution in [1.29, 1.82) is 5.41 Å². The molecule has 0 atom stereocenters. The highest BCUT2D eigenvalue weighted by Gasteiger charge is 2.31. The highest BCUT2D eigenvalue weighted by atomic mass is 32.1. The minimum absolute atomic E-state index is 0.112. The lowest BCUT2D eigenvalue weighted by Gasteiger charge is -2.18. The molecular weight excluding hydrogens is 410 g/mol. The van der Waals surface area contributed by atoms with Crippen LogP contribution in [0.4, 0.5) is 5.69 Å². The SMILES string of the molecule is CCOC(=O)c1ccc(N2CC(O)=C(c3nc(-c4ccc(C)c(C)c4)cs3)C2=N)cc1. The normalized spacial score (nSPS) is 13.8. The molecule has 2 aromatic carbocycles. The van der Waals surface area contributed by atoms with Crippen LogP contribution in [-0.2, 0) is 4.74 Å². The van der Waals surface area contributed by atoms with Gasteiger partial charge >= 0.3 is 5.97 Å². The summed E-state index contributed by atoms with van der Waals surface area (Å²) in [6.45, 7) is 6.40. The molecule has 31 heavy (non-hydrogen) atoms. The van der Waals surface area contributed by atoms with Crippen LogP contribution in [-0.4, -0.2) is 35.0 Å². The van der Waals surface area contributed by atoms with Crippen molar-refractivity contribution in [2.24, 2.45) is 0 Å². The van der Waals surface area contributed by atoms with Gasteiger partial charge < -0.3 is 14.7 Å². The Kier molecular flexibility index (Phi) is 5.61. The summed E-state index contributed by atoms with van der Waals surface area (Å²) in [5.74, 6) is -0.0864. The van der Waals surface area contributed by atoms with E-state index in [2.05, 4.69) is 26.0 Å². The van der Waals surface area contributed by atoms with Crippen molar-refractivity contribution < 1.29 is 14.6 Å². The largest absolute Gasteiger partial charge is 0.510 e. The molecule has 0 fully saturated rings. The highest BCUT2D eigenvalue weighted by Crippen LogP contribution is 2.34. The predicted molar refractivity (Wildman–Crippen MR) is 124 cm³/mol. The maximum absolute atomic E-state index is 11.9. The Balaban J connectivity index is 1.57. The number of ether oxygens (including phenoxy) is 1. The van der Waals surface area contributed by atoms with Gasteiger partial charge in [0.25, 0.3) is 0 Å². The summed E-state index contributed by atoms with van der Waals surface area (Å²) in [4.78, 5) is 18.2. The lowest BCUT2D eigenvalue weighted by molar-refractivity contribution is 0.0526. The molecule has 0 spiro atoms. The van der Waals surface area contributed by atoms with Gasteiger partial charge in [-0.2, -0.15) is 0 Å². The summed E-state index contributed by atoms with van der Waals surface area (Å²) in [6.07, 6.45) is 0. The first-order valence-corrected chi connectivity index (χ1v) is 10.9. The van der Waals surface area contributed by atoms with Crippen LogP contribution in [0.2, 0.25) is 0 Å². The second-order valence-corrected chi connectivity index (χ2v) is 8.22. The Hall–Kier alpha value is -3.45. The topological polar surface area (TPSA) is 86.5 Å². The van der Waals surface area contributed by atoms with Gasteiger partial charge in [-0.05, 0) is 62.2 Å². The van der Waals surface area contributed by atoms with E-state index in [9.17, 15) is 9.90 Å². The third kappa shape index (κ3) is 3.96. The Bertz CT molecular complexity index is 1200. The molecule has 2 N–H and O–H groups in total. The van der Waals surface area contributed by atoms with Gasteiger partial charge in [0, 0.05) is 16.6 Å². The molecule has 3 aromatic rings. The van der Waals surface area contributed by atoms with Gasteiger partial charge in [-0.3, -0.25) is 5.41 Å². The van der Waals surface area contributed by atoms with Crippen molar-refractivity contribution in [2.45, 2.75) is 20.8 Å². The third-order valence-electron chi connectivity index (χ3n) is 5.31. The van der Waals surface area contributed by atoms with Crippen LogP contribution in [0.5, 0.6) is 0 Å². The van der Waals surface area contributed by atoms with E-state index >= 15 is 0 Å². The first-order valence-electron chi connectivity index (χ1n) is 9.98. The average molecular weight is 434 g/mol. The standard InChI is InChI=1S/C24H23N3O3S/c1-4-30-24(29)16-7-9-18(10-8-16)27-12-20(28)21(22(27)25)23-26-19(13-31-23)17-6-5-14(2)15(3)11-17/h5-11,13,25,28H,4,12H2,1-3H3. The van der Waals surface area contributed by atoms with Gasteiger partial charge in [-0.15, -0.1) is 11.3 Å². The molecule has 7 heteroatoms. The fraction of sp³-hybridized carbons (Fsp3) is 0.208. The van der Waals surface area contributed by atoms with Gasteiger partial charge in [0.2, 0.25) is 0 Å². The van der Waals surface area contributed by atoms with Crippen LogP contribution in [0.25, 0.3) is 16.8 Å². The second-order valence-electron chi connectivity index (χ2n) is 7.36. The molecule has 6 nitrogen and oxygen atoms in total. The number of carbonyl (C=O) groups is 1. The van der Waals surface area contributed by atoms with E-state index in [0.717, 1.165) is 11.3 Å². The zero-order chi connectivity index (χ0) is 22.1. The minimum atomic E-state index is -0.381. The Labute approximate surface area is 185 Å². The number of aryl methyl sites for hydroxylation is 2. The van der Waals surface area contributed by atoms with E-state index in [-0.39, 0.29) is 24.1 Å². The fourth-order valence-corrected chi connectivity index (χ4v) is 4.33. The minimum Gasteiger partial charge on any atom is -0.510 e. The Morgan fingerprint density at radius 3 is 2.61 bits per heavy atom. The van der Waals surface area contributed by atoms with E-state index < -0.39 is 0 Å². The van der Waals surface area contributed by atoms with E-state index in [4.69, 9.17) is 15.1 Å². The van der Waals surface area contributed by atoms with E-state index in [1.807, 2.05) is 11.4 Å². The molecule has 0 saturated carbocycles. The Morgan fingerprint density at radius 1 is 1.19 bits per heavy atom. The summed E-state index contributed by atoms with van der Waals surface area (Å²) in [5, 5.41) is 21.8. The van der Waals surface area contributed by atoms with Crippen molar-refractivity contribution >= 4 is 34.4 Å². The molecule has 0 unspecified atom stereocenters. The van der Waals surface area contributed by atoms with Gasteiger partial charge in [0.05, 0.1) is 30.0 Å². The average Bonchev–Trinajstić information content (AvgIpc) is 3.34. The molecular formula is C24H23N3O3S. The number of aromatic nitrogens is 1. The van der Waals surface area contributed by atoms with Crippen molar-refractivity contribution in [3.8, 4) is 11.3 Å². The lowest BCUT2D eigenvalue weighted by atomic mass is 10.1. The number of nitrogens with one attached hydrogen (secondary N) is 1. The third-order valence-corrected chi connectivity index (χ3v) is 6.17. The number of rotatable bonds is 5. The van der Waals surface area contributed by atoms with Crippen molar-refractivity contribution in [3.63, 3.8) is 0 Å². The molecule has 0 radical (unpaired) electrons. The number of esters is 1. The molecule has 0 amide bonds. The zero-order valence-corrected chi connectivity index (χ0v) is 18.4. The van der Waals surface area contributed by atoms with Crippen LogP contribution in [0.15, 0.2) is 53.6 Å². The molecule has 158 valence electrons. The molecule has 0 saturated heterocycles. The quantitative estimate of drug-likeness (QED) is 0.528. The molecule has 4 rings (SSSR count). The van der Waals surface area contributed by atoms with Crippen LogP contribution >= 0.6 is 11.3 Å². The highest BCUT2D eigenvalue weighted by molar-refractivity contribution is 7.11. The summed E-state index contributed by atoms with van der Waals surface area (Å²) < 4.78 is 5.01. The van der Waals surface area contributed by atoms with Gasteiger partial charge in [-0.25, -0.2) is 9.78 Å². The number of nitrogens with zero attached hydrogens (tertiary/aromatic N) is 2. The molecule has 1 aliphatic rings. The van der Waals surface area contributed by atoms with E-state index in [0.29, 0.717) is 28.4 Å². The number of anilines is 1. The van der Waals surface area contributed by atoms with Crippen molar-refractivity contribution in [3.05, 3.63) is 75.3 Å². The number of hydrogen-bond donors (Lipinski definition) is 2. The number of carbonyl (C=O) groups excluding carboxylic acids is 1. The fourth-order valence-electron chi connectivity index (χ4n) is 3.44. The molecule has 1 aliphatic heterocycles. The summed E-state index contributed by atoms with van der Waals surface area (Å²) in [7, 11) is 0. The summed E-state index contributed by atoms with van der Waals surface area (Å²) >= 11 is 1.41. The number of aliphatic hydroxyl groups is 1. The van der Waals surface area contributed by atoms with Crippen LogP contribution in [0.1, 0.15) is 33.4 Å². The maximum Gasteiger partial charge on any atom is 0.338 e. The van der Waals surface area contributed by atoms with Gasteiger partial charge in [-0.1, -0.05) is 12.1 Å². The zero-order valence-electron chi connectivity index (χ0n) is 17.6. The number of benzene rings is 2. The Morgan fingerprint density at radius 2 is 1.94 bits per heavy atom. The first-order chi connectivity index (χ1) is 14.9. The second kappa shape index (κ2) is 8.35. The van der Waals surface area contributed by atoms with Crippen LogP contribution < -0.4 is 4.90 Å².